The third kappa shape index (κ3) is 3.20. The van der Waals surface area contributed by atoms with E-state index < -0.39 is 0 Å². The minimum atomic E-state index is 0.204. The number of nitrogens with one attached hydrogen (secondary N) is 2. The van der Waals surface area contributed by atoms with Crippen LogP contribution in [0.15, 0.2) is 29.0 Å². The monoisotopic (exact) mass is 355 g/mol. The Bertz CT molecular complexity index is 618. The molecule has 0 aliphatic rings. The zero-order chi connectivity index (χ0) is 14.7. The minimum Gasteiger partial charge on any atom is -0.339 e. The second kappa shape index (κ2) is 6.39. The fourth-order valence-corrected chi connectivity index (χ4v) is 2.40. The summed E-state index contributed by atoms with van der Waals surface area (Å²) in [6.07, 6.45) is 1.45. The minimum absolute atomic E-state index is 0.204. The van der Waals surface area contributed by atoms with Crippen molar-refractivity contribution in [3.8, 4) is 0 Å². The predicted octanol–water partition coefficient (Wildman–Crippen LogP) is 4.05. The molecule has 7 heteroatoms. The second-order valence-electron chi connectivity index (χ2n) is 4.53. The highest BCUT2D eigenvalue weighted by Crippen LogP contribution is 2.33. The van der Waals surface area contributed by atoms with Gasteiger partial charge in [0.05, 0.1) is 10.7 Å². The van der Waals surface area contributed by atoms with Gasteiger partial charge in [0.1, 0.15) is 18.0 Å². The molecule has 106 valence electrons. The molecule has 0 bridgehead atoms. The topological polar surface area (TPSA) is 75.9 Å². The van der Waals surface area contributed by atoms with Crippen LogP contribution in [0.4, 0.5) is 17.3 Å². The van der Waals surface area contributed by atoms with Crippen LogP contribution in [0.25, 0.3) is 0 Å². The third-order valence-electron chi connectivity index (χ3n) is 2.78. The molecule has 0 aliphatic heterocycles. The van der Waals surface area contributed by atoms with E-state index in [1.165, 1.54) is 6.33 Å². The van der Waals surface area contributed by atoms with Gasteiger partial charge in [0.15, 0.2) is 0 Å². The van der Waals surface area contributed by atoms with Gasteiger partial charge in [0, 0.05) is 10.0 Å². The molecule has 2 rings (SSSR count). The van der Waals surface area contributed by atoms with E-state index in [0.29, 0.717) is 16.7 Å². The number of nitrogens with two attached hydrogens (primary N) is 1. The highest BCUT2D eigenvalue weighted by Gasteiger charge is 2.15. The first-order chi connectivity index (χ1) is 9.52. The van der Waals surface area contributed by atoms with Crippen molar-refractivity contribution < 1.29 is 0 Å². The second-order valence-corrected chi connectivity index (χ2v) is 5.86. The first-order valence-electron chi connectivity index (χ1n) is 6.06. The lowest BCUT2D eigenvalue weighted by atomic mass is 10.0. The number of hydrazine groups is 1. The molecule has 2 aromatic rings. The molecule has 0 saturated heterocycles. The molecular formula is C13H15BrClN5. The summed E-state index contributed by atoms with van der Waals surface area (Å²) in [6.45, 7) is 4.10. The number of halogens is 2. The smallest absolute Gasteiger partial charge is 0.148 e. The van der Waals surface area contributed by atoms with Gasteiger partial charge in [-0.25, -0.2) is 15.8 Å². The van der Waals surface area contributed by atoms with Crippen LogP contribution >= 0.6 is 27.5 Å². The Morgan fingerprint density at radius 3 is 2.60 bits per heavy atom. The van der Waals surface area contributed by atoms with Crippen LogP contribution in [0.5, 0.6) is 0 Å². The number of nitrogen functional groups attached to an aromatic ring is 1. The van der Waals surface area contributed by atoms with Crippen LogP contribution in [-0.2, 0) is 0 Å². The SMILES string of the molecule is CC(C)c1c(NN)ncnc1Nc1cc(Br)ccc1Cl. The zero-order valence-electron chi connectivity index (χ0n) is 11.1. The Labute approximate surface area is 131 Å². The Balaban J connectivity index is 2.45. The molecule has 0 amide bonds. The van der Waals surface area contributed by atoms with E-state index in [0.717, 1.165) is 15.7 Å². The van der Waals surface area contributed by atoms with Crippen molar-refractivity contribution in [2.45, 2.75) is 19.8 Å². The normalized spacial score (nSPS) is 10.7. The van der Waals surface area contributed by atoms with Gasteiger partial charge in [-0.1, -0.05) is 41.4 Å². The summed E-state index contributed by atoms with van der Waals surface area (Å²) in [6, 6.07) is 5.58. The summed E-state index contributed by atoms with van der Waals surface area (Å²) < 4.78 is 0.932. The van der Waals surface area contributed by atoms with Gasteiger partial charge in [-0.3, -0.25) is 0 Å². The largest absolute Gasteiger partial charge is 0.339 e. The molecule has 4 N–H and O–H groups in total. The highest BCUT2D eigenvalue weighted by atomic mass is 79.9. The van der Waals surface area contributed by atoms with Crippen LogP contribution < -0.4 is 16.6 Å². The first kappa shape index (κ1) is 15.0. The van der Waals surface area contributed by atoms with Gasteiger partial charge in [-0.15, -0.1) is 0 Å². The van der Waals surface area contributed by atoms with E-state index in [1.54, 1.807) is 0 Å². The number of benzene rings is 1. The fourth-order valence-electron chi connectivity index (χ4n) is 1.88. The molecule has 1 aromatic heterocycles. The fraction of sp³-hybridized carbons (Fsp3) is 0.231. The number of nitrogens with zero attached hydrogens (tertiary/aromatic N) is 2. The van der Waals surface area contributed by atoms with Gasteiger partial charge in [0.2, 0.25) is 0 Å². The Morgan fingerprint density at radius 2 is 1.95 bits per heavy atom. The third-order valence-corrected chi connectivity index (χ3v) is 3.60. The van der Waals surface area contributed by atoms with Crippen molar-refractivity contribution >= 4 is 44.9 Å². The molecule has 0 aliphatic carbocycles. The van der Waals surface area contributed by atoms with Gasteiger partial charge in [-0.05, 0) is 24.1 Å². The summed E-state index contributed by atoms with van der Waals surface area (Å²) >= 11 is 9.61. The van der Waals surface area contributed by atoms with E-state index >= 15 is 0 Å². The average Bonchev–Trinajstić information content (AvgIpc) is 2.42. The average molecular weight is 357 g/mol. The summed E-state index contributed by atoms with van der Waals surface area (Å²) in [5.41, 5.74) is 4.27. The maximum atomic E-state index is 6.18. The molecule has 20 heavy (non-hydrogen) atoms. The predicted molar refractivity (Wildman–Crippen MR) is 86.4 cm³/mol. The molecule has 1 heterocycles. The van der Waals surface area contributed by atoms with Crippen molar-refractivity contribution in [1.29, 1.82) is 0 Å². The van der Waals surface area contributed by atoms with Crippen LogP contribution in [-0.4, -0.2) is 9.97 Å². The highest BCUT2D eigenvalue weighted by molar-refractivity contribution is 9.10. The quantitative estimate of drug-likeness (QED) is 0.569. The van der Waals surface area contributed by atoms with E-state index in [1.807, 2.05) is 32.0 Å². The number of hydrogen-bond donors (Lipinski definition) is 3. The lowest BCUT2D eigenvalue weighted by molar-refractivity contribution is 0.850. The number of anilines is 3. The van der Waals surface area contributed by atoms with Crippen molar-refractivity contribution in [3.05, 3.63) is 39.6 Å². The molecule has 0 saturated carbocycles. The molecule has 0 spiro atoms. The maximum absolute atomic E-state index is 6.18. The van der Waals surface area contributed by atoms with Crippen molar-refractivity contribution in [2.75, 3.05) is 10.7 Å². The summed E-state index contributed by atoms with van der Waals surface area (Å²) in [5.74, 6) is 6.99. The summed E-state index contributed by atoms with van der Waals surface area (Å²) in [5, 5.41) is 3.84. The lowest BCUT2D eigenvalue weighted by Crippen LogP contribution is -2.14. The van der Waals surface area contributed by atoms with E-state index in [2.05, 4.69) is 36.6 Å². The molecule has 1 aromatic carbocycles. The van der Waals surface area contributed by atoms with E-state index in [9.17, 15) is 0 Å². The van der Waals surface area contributed by atoms with E-state index in [4.69, 9.17) is 17.4 Å². The number of hydrogen-bond acceptors (Lipinski definition) is 5. The van der Waals surface area contributed by atoms with Crippen LogP contribution in [0.2, 0.25) is 5.02 Å². The van der Waals surface area contributed by atoms with Gasteiger partial charge < -0.3 is 10.7 Å². The van der Waals surface area contributed by atoms with Crippen LogP contribution in [0, 0.1) is 0 Å². The summed E-state index contributed by atoms with van der Waals surface area (Å²) in [7, 11) is 0. The molecule has 0 radical (unpaired) electrons. The van der Waals surface area contributed by atoms with Gasteiger partial charge in [-0.2, -0.15) is 0 Å². The lowest BCUT2D eigenvalue weighted by Gasteiger charge is -2.17. The molecule has 0 atom stereocenters. The molecule has 5 nitrogen and oxygen atoms in total. The molecular weight excluding hydrogens is 342 g/mol. The van der Waals surface area contributed by atoms with Crippen molar-refractivity contribution in [2.24, 2.45) is 5.84 Å². The maximum Gasteiger partial charge on any atom is 0.148 e. The van der Waals surface area contributed by atoms with Gasteiger partial charge in [0.25, 0.3) is 0 Å². The van der Waals surface area contributed by atoms with Crippen LogP contribution in [0.3, 0.4) is 0 Å². The van der Waals surface area contributed by atoms with Crippen molar-refractivity contribution in [3.63, 3.8) is 0 Å². The molecule has 0 fully saturated rings. The van der Waals surface area contributed by atoms with Gasteiger partial charge >= 0.3 is 0 Å². The molecule has 0 unspecified atom stereocenters. The Morgan fingerprint density at radius 1 is 1.25 bits per heavy atom. The van der Waals surface area contributed by atoms with E-state index in [-0.39, 0.29) is 5.92 Å². The summed E-state index contributed by atoms with van der Waals surface area (Å²) in [4.78, 5) is 8.41. The number of rotatable bonds is 4. The van der Waals surface area contributed by atoms with Crippen molar-refractivity contribution in [1.82, 2.24) is 9.97 Å². The number of aromatic nitrogens is 2. The Kier molecular flexibility index (Phi) is 4.80. The van der Waals surface area contributed by atoms with Crippen LogP contribution in [0.1, 0.15) is 25.3 Å². The first-order valence-corrected chi connectivity index (χ1v) is 7.23. The standard InChI is InChI=1S/C13H15BrClN5/c1-7(2)11-12(17-6-18-13(11)20-16)19-10-5-8(14)3-4-9(10)15/h3-7H,16H2,1-2H3,(H2,17,18,19,20). The zero-order valence-corrected chi connectivity index (χ0v) is 13.5. The Hall–Kier alpha value is -1.37.